The Labute approximate surface area is 118 Å². The van der Waals surface area contributed by atoms with E-state index in [1.807, 2.05) is 20.2 Å². The van der Waals surface area contributed by atoms with E-state index in [0.29, 0.717) is 18.3 Å². The minimum Gasteiger partial charge on any atom is -0.370 e. The monoisotopic (exact) mass is 279 g/mol. The number of aryl methyl sites for hydroxylation is 1. The first-order valence-electron chi connectivity index (χ1n) is 6.84. The van der Waals surface area contributed by atoms with Crippen LogP contribution in [0.5, 0.6) is 0 Å². The molecule has 110 valence electrons. The molecule has 0 spiro atoms. The molecular formula is C13H21N5O2. The van der Waals surface area contributed by atoms with Crippen LogP contribution in [0.1, 0.15) is 56.1 Å². The standard InChI is InChI=1S/C13H21N5O2/c1-4-6-10(19-5-2)12-16-13(20-17-12)11(14)9-7-15-18(3)8-9/h7-8,10-11H,4-6,14H2,1-3H3. The van der Waals surface area contributed by atoms with Crippen LogP contribution >= 0.6 is 0 Å². The van der Waals surface area contributed by atoms with Crippen molar-refractivity contribution in [2.45, 2.75) is 38.8 Å². The van der Waals surface area contributed by atoms with Gasteiger partial charge in [0.15, 0.2) is 0 Å². The van der Waals surface area contributed by atoms with E-state index in [9.17, 15) is 0 Å². The minimum atomic E-state index is -0.464. The fourth-order valence-corrected chi connectivity index (χ4v) is 2.00. The largest absolute Gasteiger partial charge is 0.370 e. The van der Waals surface area contributed by atoms with Crippen LogP contribution in [-0.4, -0.2) is 26.5 Å². The van der Waals surface area contributed by atoms with E-state index < -0.39 is 6.04 Å². The van der Waals surface area contributed by atoms with Crippen LogP contribution in [0.25, 0.3) is 0 Å². The molecule has 20 heavy (non-hydrogen) atoms. The second-order valence-electron chi connectivity index (χ2n) is 4.65. The Hall–Kier alpha value is -1.73. The fourth-order valence-electron chi connectivity index (χ4n) is 2.00. The van der Waals surface area contributed by atoms with Gasteiger partial charge in [-0.1, -0.05) is 18.5 Å². The molecule has 0 amide bonds. The van der Waals surface area contributed by atoms with Gasteiger partial charge < -0.3 is 15.0 Å². The second kappa shape index (κ2) is 6.62. The third-order valence-electron chi connectivity index (χ3n) is 3.01. The summed E-state index contributed by atoms with van der Waals surface area (Å²) in [6.45, 7) is 4.66. The average Bonchev–Trinajstić information content (AvgIpc) is 3.06. The van der Waals surface area contributed by atoms with Gasteiger partial charge in [-0.2, -0.15) is 10.1 Å². The van der Waals surface area contributed by atoms with Gasteiger partial charge >= 0.3 is 0 Å². The Bertz CT molecular complexity index is 530. The highest BCUT2D eigenvalue weighted by Crippen LogP contribution is 2.23. The first-order valence-corrected chi connectivity index (χ1v) is 6.84. The van der Waals surface area contributed by atoms with Crippen molar-refractivity contribution in [1.29, 1.82) is 0 Å². The van der Waals surface area contributed by atoms with Crippen molar-refractivity contribution < 1.29 is 9.26 Å². The van der Waals surface area contributed by atoms with E-state index >= 15 is 0 Å². The lowest BCUT2D eigenvalue weighted by atomic mass is 10.1. The maximum absolute atomic E-state index is 6.10. The molecular weight excluding hydrogens is 258 g/mol. The minimum absolute atomic E-state index is 0.136. The van der Waals surface area contributed by atoms with Gasteiger partial charge in [0.1, 0.15) is 12.1 Å². The summed E-state index contributed by atoms with van der Waals surface area (Å²) in [5, 5.41) is 8.07. The zero-order chi connectivity index (χ0) is 14.5. The molecule has 2 heterocycles. The summed E-state index contributed by atoms with van der Waals surface area (Å²) in [4.78, 5) is 4.37. The number of nitrogens with zero attached hydrogens (tertiary/aromatic N) is 4. The molecule has 0 aliphatic carbocycles. The summed E-state index contributed by atoms with van der Waals surface area (Å²) in [6, 6.07) is -0.464. The molecule has 0 aromatic carbocycles. The molecule has 0 saturated carbocycles. The van der Waals surface area contributed by atoms with Gasteiger partial charge in [0.2, 0.25) is 11.7 Å². The maximum atomic E-state index is 6.10. The van der Waals surface area contributed by atoms with Crippen molar-refractivity contribution in [2.24, 2.45) is 12.8 Å². The number of hydrogen-bond acceptors (Lipinski definition) is 6. The molecule has 2 unspecified atom stereocenters. The third kappa shape index (κ3) is 3.23. The molecule has 2 rings (SSSR count). The molecule has 2 atom stereocenters. The van der Waals surface area contributed by atoms with Crippen LogP contribution in [0.3, 0.4) is 0 Å². The Morgan fingerprint density at radius 2 is 2.25 bits per heavy atom. The normalized spacial score (nSPS) is 14.4. The molecule has 0 aliphatic heterocycles. The maximum Gasteiger partial charge on any atom is 0.248 e. The Kier molecular flexibility index (Phi) is 4.86. The Balaban J connectivity index is 2.14. The average molecular weight is 279 g/mol. The van der Waals surface area contributed by atoms with Crippen molar-refractivity contribution >= 4 is 0 Å². The Morgan fingerprint density at radius 1 is 1.45 bits per heavy atom. The number of aromatic nitrogens is 4. The Morgan fingerprint density at radius 3 is 2.85 bits per heavy atom. The van der Waals surface area contributed by atoms with E-state index in [4.69, 9.17) is 15.0 Å². The lowest BCUT2D eigenvalue weighted by Crippen LogP contribution is -2.12. The molecule has 2 aromatic heterocycles. The van der Waals surface area contributed by atoms with Gasteiger partial charge in [0.25, 0.3) is 0 Å². The van der Waals surface area contributed by atoms with E-state index in [2.05, 4.69) is 22.2 Å². The highest BCUT2D eigenvalue weighted by atomic mass is 16.5. The van der Waals surface area contributed by atoms with Crippen LogP contribution in [-0.2, 0) is 11.8 Å². The summed E-state index contributed by atoms with van der Waals surface area (Å²) in [6.07, 6.45) is 5.24. The number of rotatable bonds is 7. The quantitative estimate of drug-likeness (QED) is 0.829. The topological polar surface area (TPSA) is 92.0 Å². The first-order chi connectivity index (χ1) is 9.65. The number of ether oxygens (including phenoxy) is 1. The third-order valence-corrected chi connectivity index (χ3v) is 3.01. The number of hydrogen-bond donors (Lipinski definition) is 1. The van der Waals surface area contributed by atoms with E-state index in [0.717, 1.165) is 18.4 Å². The summed E-state index contributed by atoms with van der Waals surface area (Å²) < 4.78 is 12.6. The smallest absolute Gasteiger partial charge is 0.248 e. The van der Waals surface area contributed by atoms with Gasteiger partial charge in [-0.15, -0.1) is 0 Å². The van der Waals surface area contributed by atoms with Crippen LogP contribution in [0, 0.1) is 0 Å². The van der Waals surface area contributed by atoms with Crippen LogP contribution < -0.4 is 5.73 Å². The summed E-state index contributed by atoms with van der Waals surface area (Å²) >= 11 is 0. The molecule has 0 fully saturated rings. The molecule has 0 aliphatic rings. The van der Waals surface area contributed by atoms with Crippen LogP contribution in [0.15, 0.2) is 16.9 Å². The lowest BCUT2D eigenvalue weighted by Gasteiger charge is -2.11. The molecule has 2 N–H and O–H groups in total. The summed E-state index contributed by atoms with van der Waals surface area (Å²) in [5.41, 5.74) is 6.94. The zero-order valence-electron chi connectivity index (χ0n) is 12.1. The predicted octanol–water partition coefficient (Wildman–Crippen LogP) is 1.73. The molecule has 0 saturated heterocycles. The molecule has 7 nitrogen and oxygen atoms in total. The zero-order valence-corrected chi connectivity index (χ0v) is 12.1. The highest BCUT2D eigenvalue weighted by molar-refractivity contribution is 5.17. The molecule has 2 aromatic rings. The summed E-state index contributed by atoms with van der Waals surface area (Å²) in [7, 11) is 1.84. The molecule has 7 heteroatoms. The number of nitrogens with two attached hydrogens (primary N) is 1. The van der Waals surface area contributed by atoms with Gasteiger partial charge in [-0.25, -0.2) is 0 Å². The van der Waals surface area contributed by atoms with Gasteiger partial charge in [0.05, 0.1) is 6.20 Å². The van der Waals surface area contributed by atoms with Crippen molar-refractivity contribution in [3.05, 3.63) is 29.7 Å². The molecule has 0 bridgehead atoms. The first kappa shape index (κ1) is 14.7. The van der Waals surface area contributed by atoms with Gasteiger partial charge in [0, 0.05) is 25.4 Å². The van der Waals surface area contributed by atoms with Crippen molar-refractivity contribution in [3.8, 4) is 0 Å². The second-order valence-corrected chi connectivity index (χ2v) is 4.65. The lowest BCUT2D eigenvalue weighted by molar-refractivity contribution is 0.0477. The van der Waals surface area contributed by atoms with E-state index in [1.165, 1.54) is 0 Å². The highest BCUT2D eigenvalue weighted by Gasteiger charge is 2.22. The van der Waals surface area contributed by atoms with Crippen molar-refractivity contribution in [1.82, 2.24) is 19.9 Å². The van der Waals surface area contributed by atoms with Gasteiger partial charge in [-0.3, -0.25) is 4.68 Å². The van der Waals surface area contributed by atoms with Crippen LogP contribution in [0.4, 0.5) is 0 Å². The van der Waals surface area contributed by atoms with Crippen molar-refractivity contribution in [2.75, 3.05) is 6.61 Å². The SMILES string of the molecule is CCCC(OCC)c1noc(C(N)c2cnn(C)c2)n1. The molecule has 0 radical (unpaired) electrons. The van der Waals surface area contributed by atoms with Crippen molar-refractivity contribution in [3.63, 3.8) is 0 Å². The van der Waals surface area contributed by atoms with E-state index in [1.54, 1.807) is 10.9 Å². The summed E-state index contributed by atoms with van der Waals surface area (Å²) in [5.74, 6) is 0.942. The van der Waals surface area contributed by atoms with Crippen LogP contribution in [0.2, 0.25) is 0 Å². The predicted molar refractivity (Wildman–Crippen MR) is 72.8 cm³/mol. The van der Waals surface area contributed by atoms with Gasteiger partial charge in [-0.05, 0) is 13.3 Å². The fraction of sp³-hybridized carbons (Fsp3) is 0.615. The van der Waals surface area contributed by atoms with E-state index in [-0.39, 0.29) is 6.10 Å².